The number of carbonyl (C=O) groups excluding carboxylic acids is 1. The number of nitrogens with zero attached hydrogens (tertiary/aromatic N) is 2. The van der Waals surface area contributed by atoms with Gasteiger partial charge >= 0.3 is 0 Å². The summed E-state index contributed by atoms with van der Waals surface area (Å²) in [6.07, 6.45) is 2.93. The zero-order valence-electron chi connectivity index (χ0n) is 14.9. The number of aromatic nitrogens is 1. The maximum Gasteiger partial charge on any atom is 0.251 e. The predicted octanol–water partition coefficient (Wildman–Crippen LogP) is 2.65. The average Bonchev–Trinajstić information content (AvgIpc) is 3.08. The first-order valence-corrected chi connectivity index (χ1v) is 8.71. The number of nitrogens with one attached hydrogen (secondary N) is 1. The van der Waals surface area contributed by atoms with E-state index in [0.717, 1.165) is 43.1 Å². The van der Waals surface area contributed by atoms with Crippen LogP contribution in [0.4, 0.5) is 0 Å². The van der Waals surface area contributed by atoms with Crippen molar-refractivity contribution in [3.63, 3.8) is 0 Å². The Kier molecular flexibility index (Phi) is 5.66. The first kappa shape index (κ1) is 17.4. The summed E-state index contributed by atoms with van der Waals surface area (Å²) in [7, 11) is 1.62. The molecule has 1 saturated heterocycles. The summed E-state index contributed by atoms with van der Waals surface area (Å²) in [6, 6.07) is 11.6. The van der Waals surface area contributed by atoms with Gasteiger partial charge in [-0.05, 0) is 50.1 Å². The van der Waals surface area contributed by atoms with Gasteiger partial charge in [-0.3, -0.25) is 14.7 Å². The lowest BCUT2D eigenvalue weighted by Gasteiger charge is -2.16. The van der Waals surface area contributed by atoms with Gasteiger partial charge in [-0.2, -0.15) is 0 Å². The third kappa shape index (κ3) is 4.37. The zero-order valence-corrected chi connectivity index (χ0v) is 14.9. The number of pyridine rings is 1. The van der Waals surface area contributed by atoms with Crippen LogP contribution in [0.5, 0.6) is 5.75 Å². The smallest absolute Gasteiger partial charge is 0.251 e. The lowest BCUT2D eigenvalue weighted by atomic mass is 10.1. The lowest BCUT2D eigenvalue weighted by Crippen LogP contribution is -2.31. The normalized spacial score (nSPS) is 17.4. The van der Waals surface area contributed by atoms with Crippen LogP contribution in [-0.2, 0) is 6.54 Å². The highest BCUT2D eigenvalue weighted by atomic mass is 16.5. The topological polar surface area (TPSA) is 54.5 Å². The van der Waals surface area contributed by atoms with Gasteiger partial charge in [-0.25, -0.2) is 0 Å². The molecule has 25 heavy (non-hydrogen) atoms. The van der Waals surface area contributed by atoms with Crippen LogP contribution in [0.2, 0.25) is 0 Å². The molecular weight excluding hydrogens is 314 g/mol. The van der Waals surface area contributed by atoms with Crippen molar-refractivity contribution in [1.82, 2.24) is 15.2 Å². The van der Waals surface area contributed by atoms with Crippen LogP contribution < -0.4 is 10.1 Å². The monoisotopic (exact) mass is 339 g/mol. The highest BCUT2D eigenvalue weighted by Crippen LogP contribution is 2.21. The number of ether oxygens (including phenoxy) is 1. The van der Waals surface area contributed by atoms with E-state index in [9.17, 15) is 4.79 Å². The van der Waals surface area contributed by atoms with E-state index in [4.69, 9.17) is 4.74 Å². The Hall–Kier alpha value is -2.40. The van der Waals surface area contributed by atoms with Gasteiger partial charge in [0, 0.05) is 37.0 Å². The van der Waals surface area contributed by atoms with E-state index in [1.54, 1.807) is 7.11 Å². The van der Waals surface area contributed by atoms with Crippen molar-refractivity contribution in [2.75, 3.05) is 26.7 Å². The minimum atomic E-state index is -0.0282. The van der Waals surface area contributed by atoms with E-state index < -0.39 is 0 Å². The second kappa shape index (κ2) is 8.12. The van der Waals surface area contributed by atoms with E-state index in [0.29, 0.717) is 18.0 Å². The maximum atomic E-state index is 12.5. The summed E-state index contributed by atoms with van der Waals surface area (Å²) in [6.45, 7) is 5.54. The van der Waals surface area contributed by atoms with Crippen molar-refractivity contribution < 1.29 is 9.53 Å². The molecule has 132 valence electrons. The number of methoxy groups -OCH3 is 1. The van der Waals surface area contributed by atoms with Crippen molar-refractivity contribution in [2.45, 2.75) is 19.9 Å². The first-order valence-electron chi connectivity index (χ1n) is 8.71. The fourth-order valence-electron chi connectivity index (χ4n) is 3.36. The molecule has 1 aromatic carbocycles. The molecule has 1 atom stereocenters. The molecule has 0 bridgehead atoms. The van der Waals surface area contributed by atoms with Crippen molar-refractivity contribution in [1.29, 1.82) is 0 Å². The molecule has 1 fully saturated rings. The third-order valence-electron chi connectivity index (χ3n) is 4.78. The van der Waals surface area contributed by atoms with Gasteiger partial charge in [0.05, 0.1) is 12.8 Å². The van der Waals surface area contributed by atoms with E-state index >= 15 is 0 Å². The molecule has 3 rings (SSSR count). The van der Waals surface area contributed by atoms with Crippen LogP contribution in [0.1, 0.15) is 28.0 Å². The van der Waals surface area contributed by atoms with E-state index in [-0.39, 0.29) is 5.91 Å². The number of likely N-dealkylation sites (tertiary alicyclic amines) is 1. The predicted molar refractivity (Wildman–Crippen MR) is 97.7 cm³/mol. The number of carbonyl (C=O) groups is 1. The Morgan fingerprint density at radius 2 is 2.20 bits per heavy atom. The summed E-state index contributed by atoms with van der Waals surface area (Å²) < 4.78 is 5.29. The van der Waals surface area contributed by atoms with Crippen LogP contribution >= 0.6 is 0 Å². The summed E-state index contributed by atoms with van der Waals surface area (Å²) in [4.78, 5) is 19.3. The molecule has 1 aliphatic heterocycles. The van der Waals surface area contributed by atoms with Gasteiger partial charge in [0.15, 0.2) is 0 Å². The average molecular weight is 339 g/mol. The lowest BCUT2D eigenvalue weighted by molar-refractivity contribution is 0.0946. The highest BCUT2D eigenvalue weighted by molar-refractivity contribution is 5.96. The van der Waals surface area contributed by atoms with Gasteiger partial charge in [0.25, 0.3) is 5.91 Å². The van der Waals surface area contributed by atoms with E-state index in [1.807, 2.05) is 43.5 Å². The fourth-order valence-corrected chi connectivity index (χ4v) is 3.36. The fraction of sp³-hybridized carbons (Fsp3) is 0.400. The van der Waals surface area contributed by atoms with Gasteiger partial charge in [-0.1, -0.05) is 12.1 Å². The van der Waals surface area contributed by atoms with Gasteiger partial charge in [-0.15, -0.1) is 0 Å². The molecule has 5 nitrogen and oxygen atoms in total. The molecule has 1 unspecified atom stereocenters. The minimum Gasteiger partial charge on any atom is -0.496 e. The largest absolute Gasteiger partial charge is 0.496 e. The zero-order chi connectivity index (χ0) is 17.6. The number of hydrogen-bond donors (Lipinski definition) is 1. The van der Waals surface area contributed by atoms with Gasteiger partial charge in [0.1, 0.15) is 5.75 Å². The SMILES string of the molecule is COc1cccc(C(=O)NCC2CCN(Cc3ccccn3)C2)c1C. The molecule has 2 heterocycles. The Morgan fingerprint density at radius 1 is 1.32 bits per heavy atom. The first-order chi connectivity index (χ1) is 12.2. The maximum absolute atomic E-state index is 12.5. The van der Waals surface area contributed by atoms with Crippen LogP contribution in [-0.4, -0.2) is 42.5 Å². The summed E-state index contributed by atoms with van der Waals surface area (Å²) >= 11 is 0. The summed E-state index contributed by atoms with van der Waals surface area (Å²) in [5, 5.41) is 3.08. The highest BCUT2D eigenvalue weighted by Gasteiger charge is 2.23. The van der Waals surface area contributed by atoms with Crippen molar-refractivity contribution >= 4 is 5.91 Å². The van der Waals surface area contributed by atoms with Crippen LogP contribution in [0.3, 0.4) is 0 Å². The Labute approximate surface area is 149 Å². The van der Waals surface area contributed by atoms with Crippen molar-refractivity contribution in [2.24, 2.45) is 5.92 Å². The second-order valence-electron chi connectivity index (χ2n) is 6.55. The number of amides is 1. The molecule has 5 heteroatoms. The van der Waals surface area contributed by atoms with Crippen LogP contribution in [0.15, 0.2) is 42.6 Å². The Bertz CT molecular complexity index is 718. The second-order valence-corrected chi connectivity index (χ2v) is 6.55. The van der Waals surface area contributed by atoms with E-state index in [1.165, 1.54) is 0 Å². The van der Waals surface area contributed by atoms with Crippen LogP contribution in [0, 0.1) is 12.8 Å². The molecule has 1 N–H and O–H groups in total. The molecule has 1 amide bonds. The van der Waals surface area contributed by atoms with E-state index in [2.05, 4.69) is 21.3 Å². The van der Waals surface area contributed by atoms with Crippen molar-refractivity contribution in [3.05, 3.63) is 59.4 Å². The van der Waals surface area contributed by atoms with Gasteiger partial charge < -0.3 is 10.1 Å². The molecule has 0 aliphatic carbocycles. The van der Waals surface area contributed by atoms with Crippen LogP contribution in [0.25, 0.3) is 0 Å². The third-order valence-corrected chi connectivity index (χ3v) is 4.78. The van der Waals surface area contributed by atoms with Gasteiger partial charge in [0.2, 0.25) is 0 Å². The summed E-state index contributed by atoms with van der Waals surface area (Å²) in [5.74, 6) is 1.20. The quantitative estimate of drug-likeness (QED) is 0.879. The van der Waals surface area contributed by atoms with Crippen molar-refractivity contribution in [3.8, 4) is 5.75 Å². The molecule has 0 saturated carbocycles. The number of rotatable bonds is 6. The number of hydrogen-bond acceptors (Lipinski definition) is 4. The number of benzene rings is 1. The molecular formula is C20H25N3O2. The molecule has 0 spiro atoms. The Morgan fingerprint density at radius 3 is 2.96 bits per heavy atom. The Balaban J connectivity index is 1.50. The molecule has 1 aliphatic rings. The minimum absolute atomic E-state index is 0.0282. The molecule has 2 aromatic rings. The molecule has 0 radical (unpaired) electrons. The molecule has 1 aromatic heterocycles. The standard InChI is InChI=1S/C20H25N3O2/c1-15-18(7-5-8-19(15)25-2)20(24)22-12-16-9-11-23(13-16)14-17-6-3-4-10-21-17/h3-8,10,16H,9,11-14H2,1-2H3,(H,22,24). The summed E-state index contributed by atoms with van der Waals surface area (Å²) in [5.41, 5.74) is 2.66.